The SMILES string of the molecule is COC(=O)c1ccc(C(=O)N2C[C@@H]3CN(C)[C@@H](c4cccc(F)c4)[C@@H]3C2)cc1. The number of ether oxygens (including phenoxy) is 1. The van der Waals surface area contributed by atoms with Gasteiger partial charge in [0.25, 0.3) is 5.91 Å². The van der Waals surface area contributed by atoms with Crippen molar-refractivity contribution in [2.75, 3.05) is 33.8 Å². The highest BCUT2D eigenvalue weighted by atomic mass is 19.1. The van der Waals surface area contributed by atoms with E-state index in [1.807, 2.05) is 11.0 Å². The van der Waals surface area contributed by atoms with Crippen LogP contribution in [0.4, 0.5) is 4.39 Å². The molecule has 2 saturated heterocycles. The van der Waals surface area contributed by atoms with Gasteiger partial charge in [0.15, 0.2) is 0 Å². The van der Waals surface area contributed by atoms with Crippen LogP contribution in [0, 0.1) is 17.7 Å². The molecule has 1 amide bonds. The smallest absolute Gasteiger partial charge is 0.337 e. The predicted octanol–water partition coefficient (Wildman–Crippen LogP) is 2.99. The normalized spacial score (nSPS) is 24.2. The van der Waals surface area contributed by atoms with Gasteiger partial charge in [-0.15, -0.1) is 0 Å². The molecule has 28 heavy (non-hydrogen) atoms. The molecule has 2 aliphatic heterocycles. The first-order valence-electron chi connectivity index (χ1n) is 9.41. The molecule has 0 spiro atoms. The van der Waals surface area contributed by atoms with Crippen LogP contribution in [0.3, 0.4) is 0 Å². The number of hydrogen-bond acceptors (Lipinski definition) is 4. The number of amides is 1. The summed E-state index contributed by atoms with van der Waals surface area (Å²) in [5.41, 5.74) is 1.94. The maximum atomic E-state index is 13.7. The molecule has 2 fully saturated rings. The van der Waals surface area contributed by atoms with Crippen molar-refractivity contribution in [3.8, 4) is 0 Å². The van der Waals surface area contributed by atoms with E-state index in [1.165, 1.54) is 13.2 Å². The lowest BCUT2D eigenvalue weighted by Gasteiger charge is -2.27. The highest BCUT2D eigenvalue weighted by Gasteiger charge is 2.47. The van der Waals surface area contributed by atoms with Crippen LogP contribution in [-0.2, 0) is 4.74 Å². The van der Waals surface area contributed by atoms with Crippen molar-refractivity contribution >= 4 is 11.9 Å². The molecule has 2 heterocycles. The minimum atomic E-state index is -0.421. The Hall–Kier alpha value is -2.73. The Kier molecular flexibility index (Phi) is 4.89. The Morgan fingerprint density at radius 2 is 1.75 bits per heavy atom. The molecule has 0 unspecified atom stereocenters. The van der Waals surface area contributed by atoms with Gasteiger partial charge < -0.3 is 9.64 Å². The van der Waals surface area contributed by atoms with Crippen molar-refractivity contribution in [2.24, 2.45) is 11.8 Å². The van der Waals surface area contributed by atoms with E-state index in [0.29, 0.717) is 30.1 Å². The Bertz CT molecular complexity index is 899. The van der Waals surface area contributed by atoms with Crippen molar-refractivity contribution in [3.63, 3.8) is 0 Å². The lowest BCUT2D eigenvalue weighted by molar-refractivity contribution is 0.0600. The fourth-order valence-electron chi connectivity index (χ4n) is 4.67. The van der Waals surface area contributed by atoms with Crippen LogP contribution in [0.25, 0.3) is 0 Å². The monoisotopic (exact) mass is 382 g/mol. The molecule has 2 aliphatic rings. The van der Waals surface area contributed by atoms with Gasteiger partial charge in [0.05, 0.1) is 12.7 Å². The van der Waals surface area contributed by atoms with Gasteiger partial charge in [-0.3, -0.25) is 9.69 Å². The van der Waals surface area contributed by atoms with Crippen molar-refractivity contribution < 1.29 is 18.7 Å². The van der Waals surface area contributed by atoms with Gasteiger partial charge in [0.1, 0.15) is 5.82 Å². The van der Waals surface area contributed by atoms with Crippen molar-refractivity contribution in [3.05, 3.63) is 71.0 Å². The molecule has 3 atom stereocenters. The molecule has 4 rings (SSSR count). The number of carbonyl (C=O) groups excluding carboxylic acids is 2. The summed E-state index contributed by atoms with van der Waals surface area (Å²) in [6.45, 7) is 2.23. The number of methoxy groups -OCH3 is 1. The third-order valence-corrected chi connectivity index (χ3v) is 5.92. The molecule has 5 nitrogen and oxygen atoms in total. The molecular formula is C22H23FN2O3. The Morgan fingerprint density at radius 3 is 2.43 bits per heavy atom. The number of esters is 1. The van der Waals surface area contributed by atoms with Gasteiger partial charge in [0.2, 0.25) is 0 Å². The van der Waals surface area contributed by atoms with E-state index in [2.05, 4.69) is 11.9 Å². The fourth-order valence-corrected chi connectivity index (χ4v) is 4.67. The van der Waals surface area contributed by atoms with Gasteiger partial charge in [-0.1, -0.05) is 12.1 Å². The lowest BCUT2D eigenvalue weighted by atomic mass is 9.89. The zero-order valence-electron chi connectivity index (χ0n) is 16.0. The highest BCUT2D eigenvalue weighted by molar-refractivity contribution is 5.96. The fraction of sp³-hybridized carbons (Fsp3) is 0.364. The molecule has 2 aromatic carbocycles. The first-order valence-corrected chi connectivity index (χ1v) is 9.41. The summed E-state index contributed by atoms with van der Waals surface area (Å²) >= 11 is 0. The summed E-state index contributed by atoms with van der Waals surface area (Å²) in [6.07, 6.45) is 0. The predicted molar refractivity (Wildman–Crippen MR) is 102 cm³/mol. The van der Waals surface area contributed by atoms with E-state index >= 15 is 0 Å². The average Bonchev–Trinajstić information content (AvgIpc) is 3.23. The van der Waals surface area contributed by atoms with Gasteiger partial charge in [-0.25, -0.2) is 9.18 Å². The summed E-state index contributed by atoms with van der Waals surface area (Å²) in [5, 5.41) is 0. The van der Waals surface area contributed by atoms with E-state index in [9.17, 15) is 14.0 Å². The number of rotatable bonds is 3. The maximum Gasteiger partial charge on any atom is 0.337 e. The van der Waals surface area contributed by atoms with E-state index in [1.54, 1.807) is 36.4 Å². The second-order valence-corrected chi connectivity index (χ2v) is 7.64. The lowest BCUT2D eigenvalue weighted by Crippen LogP contribution is -2.33. The van der Waals surface area contributed by atoms with E-state index in [4.69, 9.17) is 4.74 Å². The van der Waals surface area contributed by atoms with Crippen molar-refractivity contribution in [1.29, 1.82) is 0 Å². The zero-order chi connectivity index (χ0) is 19.8. The Morgan fingerprint density at radius 1 is 1.04 bits per heavy atom. The minimum Gasteiger partial charge on any atom is -0.465 e. The molecular weight excluding hydrogens is 359 g/mol. The van der Waals surface area contributed by atoms with Gasteiger partial charge >= 0.3 is 5.97 Å². The third-order valence-electron chi connectivity index (χ3n) is 5.92. The second-order valence-electron chi connectivity index (χ2n) is 7.64. The molecule has 6 heteroatoms. The van der Waals surface area contributed by atoms with E-state index < -0.39 is 5.97 Å². The highest BCUT2D eigenvalue weighted by Crippen LogP contribution is 2.44. The second kappa shape index (κ2) is 7.36. The molecule has 0 aliphatic carbocycles. The molecule has 0 bridgehead atoms. The first kappa shape index (κ1) is 18.6. The molecule has 0 saturated carbocycles. The number of benzene rings is 2. The van der Waals surface area contributed by atoms with E-state index in [0.717, 1.165) is 12.1 Å². The van der Waals surface area contributed by atoms with Crippen molar-refractivity contribution in [1.82, 2.24) is 9.80 Å². The Balaban J connectivity index is 1.50. The van der Waals surface area contributed by atoms with Crippen LogP contribution in [0.2, 0.25) is 0 Å². The molecule has 0 radical (unpaired) electrons. The first-order chi connectivity index (χ1) is 13.5. The average molecular weight is 382 g/mol. The zero-order valence-corrected chi connectivity index (χ0v) is 16.0. The summed E-state index contributed by atoms with van der Waals surface area (Å²) in [5.74, 6) is -0.0326. The summed E-state index contributed by atoms with van der Waals surface area (Å²) in [6, 6.07) is 13.4. The van der Waals surface area contributed by atoms with Crippen LogP contribution < -0.4 is 0 Å². The van der Waals surface area contributed by atoms with Crippen LogP contribution >= 0.6 is 0 Å². The topological polar surface area (TPSA) is 49.9 Å². The molecule has 0 aromatic heterocycles. The standard InChI is InChI=1S/C22H23FN2O3/c1-24-11-17-12-25(13-19(17)20(24)16-4-3-5-18(23)10-16)21(26)14-6-8-15(9-7-14)22(27)28-2/h3-10,17,19-20H,11-13H2,1-2H3/t17-,19+,20-/m0/s1. The third kappa shape index (κ3) is 3.29. The van der Waals surface area contributed by atoms with Gasteiger partial charge in [0, 0.05) is 37.2 Å². The number of likely N-dealkylation sites (tertiary alicyclic amines) is 2. The van der Waals surface area contributed by atoms with Crippen LogP contribution in [0.1, 0.15) is 32.3 Å². The molecule has 2 aromatic rings. The molecule has 146 valence electrons. The number of nitrogens with zero attached hydrogens (tertiary/aromatic N) is 2. The van der Waals surface area contributed by atoms with Crippen LogP contribution in [-0.4, -0.2) is 55.5 Å². The minimum absolute atomic E-state index is 0.0357. The maximum absolute atomic E-state index is 13.7. The quantitative estimate of drug-likeness (QED) is 0.766. The molecule has 0 N–H and O–H groups in total. The van der Waals surface area contributed by atoms with Crippen molar-refractivity contribution in [2.45, 2.75) is 6.04 Å². The summed E-state index contributed by atoms with van der Waals surface area (Å²) < 4.78 is 18.4. The summed E-state index contributed by atoms with van der Waals surface area (Å²) in [7, 11) is 3.39. The van der Waals surface area contributed by atoms with Crippen LogP contribution in [0.15, 0.2) is 48.5 Å². The summed E-state index contributed by atoms with van der Waals surface area (Å²) in [4.78, 5) is 28.6. The number of carbonyl (C=O) groups is 2. The largest absolute Gasteiger partial charge is 0.465 e. The van der Waals surface area contributed by atoms with Gasteiger partial charge in [-0.05, 0) is 54.9 Å². The number of hydrogen-bond donors (Lipinski definition) is 0. The van der Waals surface area contributed by atoms with Crippen LogP contribution in [0.5, 0.6) is 0 Å². The van der Waals surface area contributed by atoms with Gasteiger partial charge in [-0.2, -0.15) is 0 Å². The van der Waals surface area contributed by atoms with E-state index in [-0.39, 0.29) is 23.7 Å². The number of fused-ring (bicyclic) bond motifs is 1. The number of halogens is 1. The Labute approximate surface area is 163 Å².